The molecule has 10 heteroatoms. The predicted molar refractivity (Wildman–Crippen MR) is 82.7 cm³/mol. The zero-order chi connectivity index (χ0) is 18.1. The number of hydrogen-bond donors (Lipinski definition) is 2. The van der Waals surface area contributed by atoms with Crippen molar-refractivity contribution in [2.45, 2.75) is 44.6 Å². The van der Waals surface area contributed by atoms with Crippen molar-refractivity contribution >= 4 is 21.9 Å². The zero-order valence-corrected chi connectivity index (χ0v) is 14.6. The number of amides is 1. The van der Waals surface area contributed by atoms with Crippen LogP contribution in [0, 0.1) is 19.8 Å². The number of rotatable bonds is 5. The van der Waals surface area contributed by atoms with Crippen LogP contribution in [0.4, 0.5) is 0 Å². The van der Waals surface area contributed by atoms with E-state index in [0.717, 1.165) is 0 Å². The molecule has 1 aromatic rings. The fourth-order valence-electron chi connectivity index (χ4n) is 2.85. The molecule has 24 heavy (non-hydrogen) atoms. The Morgan fingerprint density at radius 2 is 2.08 bits per heavy atom. The summed E-state index contributed by atoms with van der Waals surface area (Å²) in [7, 11) is -3.96. The number of nitrogens with one attached hydrogen (secondary N) is 1. The van der Waals surface area contributed by atoms with Crippen molar-refractivity contribution in [2.24, 2.45) is 5.92 Å². The third kappa shape index (κ3) is 3.75. The van der Waals surface area contributed by atoms with Crippen LogP contribution in [0.25, 0.3) is 0 Å². The van der Waals surface area contributed by atoms with Gasteiger partial charge in [0.1, 0.15) is 10.6 Å². The molecular weight excluding hydrogens is 338 g/mol. The third-order valence-corrected chi connectivity index (χ3v) is 5.81. The molecule has 9 nitrogen and oxygen atoms in total. The number of carbonyl (C=O) groups is 2. The van der Waals surface area contributed by atoms with Gasteiger partial charge in [0.15, 0.2) is 5.76 Å². The number of sulfonamides is 1. The first kappa shape index (κ1) is 18.4. The monoisotopic (exact) mass is 359 g/mol. The molecular formula is C14H21N3O6S. The Morgan fingerprint density at radius 3 is 2.62 bits per heavy atom. The van der Waals surface area contributed by atoms with Crippen molar-refractivity contribution in [3.63, 3.8) is 0 Å². The minimum absolute atomic E-state index is 0.0794. The smallest absolute Gasteiger partial charge is 0.308 e. The molecule has 0 spiro atoms. The highest BCUT2D eigenvalue weighted by Gasteiger charge is 2.33. The molecule has 2 N–H and O–H groups in total. The molecule has 1 amide bonds. The van der Waals surface area contributed by atoms with Gasteiger partial charge < -0.3 is 14.5 Å². The maximum absolute atomic E-state index is 12.5. The van der Waals surface area contributed by atoms with Gasteiger partial charge >= 0.3 is 5.97 Å². The van der Waals surface area contributed by atoms with Gasteiger partial charge in [-0.05, 0) is 33.6 Å². The van der Waals surface area contributed by atoms with Crippen LogP contribution in [0.2, 0.25) is 0 Å². The molecule has 2 heterocycles. The maximum atomic E-state index is 12.5. The third-order valence-electron chi connectivity index (χ3n) is 4.02. The second kappa shape index (κ2) is 6.89. The SMILES string of the molecule is Cc1noc(C)c1S(=O)(=O)NC(C)C(=O)N1CCC[C@H](C(=O)O)C1. The summed E-state index contributed by atoms with van der Waals surface area (Å²) < 4.78 is 32.0. The molecule has 134 valence electrons. The average Bonchev–Trinajstić information content (AvgIpc) is 2.85. The second-order valence-electron chi connectivity index (χ2n) is 5.96. The van der Waals surface area contributed by atoms with Crippen LogP contribution in [-0.2, 0) is 19.6 Å². The number of piperidine rings is 1. The van der Waals surface area contributed by atoms with Crippen LogP contribution in [0.5, 0.6) is 0 Å². The molecule has 0 radical (unpaired) electrons. The number of likely N-dealkylation sites (tertiary alicyclic amines) is 1. The number of nitrogens with zero attached hydrogens (tertiary/aromatic N) is 2. The number of aliphatic carboxylic acids is 1. The summed E-state index contributed by atoms with van der Waals surface area (Å²) in [5.74, 6) is -1.87. The number of carbonyl (C=O) groups excluding carboxylic acids is 1. The van der Waals surface area contributed by atoms with Crippen LogP contribution in [0.1, 0.15) is 31.2 Å². The minimum Gasteiger partial charge on any atom is -0.481 e. The van der Waals surface area contributed by atoms with E-state index in [4.69, 9.17) is 9.63 Å². The fourth-order valence-corrected chi connectivity index (χ4v) is 4.38. The van der Waals surface area contributed by atoms with Gasteiger partial charge in [-0.15, -0.1) is 0 Å². The lowest BCUT2D eigenvalue weighted by molar-refractivity contribution is -0.146. The molecule has 2 atom stereocenters. The van der Waals surface area contributed by atoms with E-state index in [1.807, 2.05) is 0 Å². The Labute approximate surface area is 140 Å². The van der Waals surface area contributed by atoms with Gasteiger partial charge in [0, 0.05) is 13.1 Å². The predicted octanol–water partition coefficient (Wildman–Crippen LogP) is 0.281. The molecule has 0 aromatic carbocycles. The molecule has 0 bridgehead atoms. The number of carboxylic acids is 1. The van der Waals surface area contributed by atoms with Gasteiger partial charge in [-0.25, -0.2) is 8.42 Å². The Kier molecular flexibility index (Phi) is 5.29. The summed E-state index contributed by atoms with van der Waals surface area (Å²) in [6, 6.07) is -1.02. The highest BCUT2D eigenvalue weighted by molar-refractivity contribution is 7.89. The number of aryl methyl sites for hydroxylation is 2. The van der Waals surface area contributed by atoms with Crippen molar-refractivity contribution in [3.05, 3.63) is 11.5 Å². The van der Waals surface area contributed by atoms with Crippen LogP contribution < -0.4 is 4.72 Å². The molecule has 1 aromatic heterocycles. The van der Waals surface area contributed by atoms with Gasteiger partial charge in [-0.1, -0.05) is 5.16 Å². The van der Waals surface area contributed by atoms with Crippen LogP contribution in [0.3, 0.4) is 0 Å². The molecule has 1 unspecified atom stereocenters. The number of carboxylic acid groups (broad SMARTS) is 1. The quantitative estimate of drug-likeness (QED) is 0.772. The topological polar surface area (TPSA) is 130 Å². The molecule has 0 saturated carbocycles. The van der Waals surface area contributed by atoms with Crippen molar-refractivity contribution < 1.29 is 27.6 Å². The standard InChI is InChI=1S/C14H21N3O6S/c1-8-12(10(3)23-15-8)24(21,22)16-9(2)13(18)17-6-4-5-11(7-17)14(19)20/h9,11,16H,4-7H2,1-3H3,(H,19,20)/t9?,11-/m0/s1. The van der Waals surface area contributed by atoms with Gasteiger partial charge in [0.25, 0.3) is 0 Å². The number of hydrogen-bond acceptors (Lipinski definition) is 6. The largest absolute Gasteiger partial charge is 0.481 e. The van der Waals surface area contributed by atoms with E-state index < -0.39 is 33.9 Å². The van der Waals surface area contributed by atoms with E-state index in [1.165, 1.54) is 25.7 Å². The molecule has 1 fully saturated rings. The van der Waals surface area contributed by atoms with Crippen LogP contribution >= 0.6 is 0 Å². The summed E-state index contributed by atoms with van der Waals surface area (Å²) in [6.45, 7) is 4.91. The van der Waals surface area contributed by atoms with Crippen LogP contribution in [-0.4, -0.2) is 54.6 Å². The Hall–Kier alpha value is -1.94. The lowest BCUT2D eigenvalue weighted by Gasteiger charge is -2.32. The highest BCUT2D eigenvalue weighted by Crippen LogP contribution is 2.20. The summed E-state index contributed by atoms with van der Waals surface area (Å²) >= 11 is 0. The van der Waals surface area contributed by atoms with E-state index in [0.29, 0.717) is 19.4 Å². The first-order valence-corrected chi connectivity index (χ1v) is 9.08. The molecule has 0 aliphatic carbocycles. The maximum Gasteiger partial charge on any atom is 0.308 e. The Balaban J connectivity index is 2.10. The van der Waals surface area contributed by atoms with Gasteiger partial charge in [-0.2, -0.15) is 4.72 Å². The second-order valence-corrected chi connectivity index (χ2v) is 7.61. The van der Waals surface area contributed by atoms with Crippen molar-refractivity contribution in [2.75, 3.05) is 13.1 Å². The fraction of sp³-hybridized carbons (Fsp3) is 0.643. The summed E-state index contributed by atoms with van der Waals surface area (Å²) in [6.07, 6.45) is 1.09. The van der Waals surface area contributed by atoms with E-state index >= 15 is 0 Å². The van der Waals surface area contributed by atoms with E-state index in [-0.39, 0.29) is 22.9 Å². The molecule has 1 saturated heterocycles. The summed E-state index contributed by atoms with van der Waals surface area (Å²) in [5.41, 5.74) is 0.212. The van der Waals surface area contributed by atoms with Gasteiger partial charge in [0.2, 0.25) is 15.9 Å². The number of aromatic nitrogens is 1. The van der Waals surface area contributed by atoms with E-state index in [9.17, 15) is 18.0 Å². The molecule has 1 aliphatic heterocycles. The minimum atomic E-state index is -3.96. The first-order chi connectivity index (χ1) is 11.1. The lowest BCUT2D eigenvalue weighted by Crippen LogP contribution is -2.50. The van der Waals surface area contributed by atoms with Crippen molar-refractivity contribution in [1.29, 1.82) is 0 Å². The molecule has 1 aliphatic rings. The van der Waals surface area contributed by atoms with E-state index in [2.05, 4.69) is 9.88 Å². The van der Waals surface area contributed by atoms with Crippen molar-refractivity contribution in [3.8, 4) is 0 Å². The average molecular weight is 359 g/mol. The van der Waals surface area contributed by atoms with E-state index in [1.54, 1.807) is 0 Å². The normalized spacial score (nSPS) is 20.0. The summed E-state index contributed by atoms with van der Waals surface area (Å²) in [5, 5.41) is 12.7. The Bertz CT molecular complexity index is 722. The lowest BCUT2D eigenvalue weighted by atomic mass is 9.98. The van der Waals surface area contributed by atoms with Gasteiger partial charge in [-0.3, -0.25) is 9.59 Å². The zero-order valence-electron chi connectivity index (χ0n) is 13.8. The van der Waals surface area contributed by atoms with Crippen molar-refractivity contribution in [1.82, 2.24) is 14.8 Å². The van der Waals surface area contributed by atoms with Crippen LogP contribution in [0.15, 0.2) is 9.42 Å². The Morgan fingerprint density at radius 1 is 1.42 bits per heavy atom. The van der Waals surface area contributed by atoms with Gasteiger partial charge in [0.05, 0.1) is 12.0 Å². The summed E-state index contributed by atoms with van der Waals surface area (Å²) in [4.78, 5) is 24.8. The highest BCUT2D eigenvalue weighted by atomic mass is 32.2. The molecule has 2 rings (SSSR count). The first-order valence-electron chi connectivity index (χ1n) is 7.60.